The van der Waals surface area contributed by atoms with Crippen LogP contribution >= 0.6 is 27.7 Å². The van der Waals surface area contributed by atoms with E-state index in [2.05, 4.69) is 29.1 Å². The van der Waals surface area contributed by atoms with Crippen molar-refractivity contribution in [1.29, 1.82) is 0 Å². The molecule has 1 spiro atoms. The first-order chi connectivity index (χ1) is 22.1. The number of ether oxygens (including phenoxy) is 1. The molecular weight excluding hydrogens is 666 g/mol. The van der Waals surface area contributed by atoms with Crippen molar-refractivity contribution in [3.63, 3.8) is 0 Å². The van der Waals surface area contributed by atoms with Gasteiger partial charge in [-0.25, -0.2) is 0 Å². The maximum Gasteiger partial charge on any atom is 0.251 e. The summed E-state index contributed by atoms with van der Waals surface area (Å²) in [7, 11) is 0. The van der Waals surface area contributed by atoms with E-state index in [1.807, 2.05) is 70.2 Å². The van der Waals surface area contributed by atoms with Crippen molar-refractivity contribution >= 4 is 56.8 Å². The van der Waals surface area contributed by atoms with E-state index in [-0.39, 0.29) is 47.5 Å². The second-order valence-electron chi connectivity index (χ2n) is 12.3. The van der Waals surface area contributed by atoms with Crippen molar-refractivity contribution in [3.05, 3.63) is 78.9 Å². The highest BCUT2D eigenvalue weighted by atomic mass is 79.9. The number of fused-ring (bicyclic) bond motifs is 1. The van der Waals surface area contributed by atoms with Gasteiger partial charge in [-0.15, -0.1) is 24.9 Å². The first-order valence-corrected chi connectivity index (χ1v) is 17.8. The van der Waals surface area contributed by atoms with E-state index >= 15 is 4.79 Å². The molecule has 0 aromatic heterocycles. The third-order valence-corrected chi connectivity index (χ3v) is 12.9. The number of halogens is 1. The Kier molecular flexibility index (Phi) is 10.4. The van der Waals surface area contributed by atoms with E-state index in [9.17, 15) is 14.7 Å². The highest BCUT2D eigenvalue weighted by Gasteiger charge is 2.76. The Morgan fingerprint density at radius 3 is 2.28 bits per heavy atom. The van der Waals surface area contributed by atoms with E-state index in [1.165, 1.54) is 0 Å². The topological polar surface area (TPSA) is 90.4 Å². The van der Waals surface area contributed by atoms with Crippen molar-refractivity contribution < 1.29 is 24.2 Å². The molecule has 0 aliphatic carbocycles. The first kappa shape index (κ1) is 34.3. The Hall–Kier alpha value is -3.08. The number of aryl methyl sites for hydroxylation is 2. The molecule has 7 atom stereocenters. The quantitative estimate of drug-likeness (QED) is 0.213. The summed E-state index contributed by atoms with van der Waals surface area (Å²) in [5, 5.41) is 10.3. The van der Waals surface area contributed by atoms with Gasteiger partial charge in [-0.05, 0) is 69.0 Å². The highest BCUT2D eigenvalue weighted by Crippen LogP contribution is 2.68. The number of amides is 3. The number of carbonyl (C=O) groups is 3. The van der Waals surface area contributed by atoms with Gasteiger partial charge in [0, 0.05) is 34.5 Å². The Balaban J connectivity index is 1.61. The zero-order chi connectivity index (χ0) is 33.3. The fourth-order valence-corrected chi connectivity index (χ4v) is 11.3. The number of hydrogen-bond donors (Lipinski definition) is 1. The van der Waals surface area contributed by atoms with Gasteiger partial charge in [0.05, 0.1) is 35.8 Å². The molecule has 2 aromatic rings. The minimum atomic E-state index is -0.868. The number of para-hydroxylation sites is 1. The van der Waals surface area contributed by atoms with E-state index < -0.39 is 28.7 Å². The molecule has 8 nitrogen and oxygen atoms in total. The molecule has 46 heavy (non-hydrogen) atoms. The molecular formula is C36H44BrN3O5S. The predicted octanol–water partition coefficient (Wildman–Crippen LogP) is 5.68. The summed E-state index contributed by atoms with van der Waals surface area (Å²) in [6.07, 6.45) is 4.41. The van der Waals surface area contributed by atoms with Gasteiger partial charge >= 0.3 is 0 Å². The Morgan fingerprint density at radius 1 is 1.09 bits per heavy atom. The van der Waals surface area contributed by atoms with Gasteiger partial charge in [0.2, 0.25) is 11.8 Å². The maximum atomic E-state index is 15.0. The Bertz CT molecular complexity index is 1480. The molecule has 1 N–H and O–H groups in total. The second-order valence-corrected chi connectivity index (χ2v) is 15.0. The summed E-state index contributed by atoms with van der Waals surface area (Å²) >= 11 is 5.48. The standard InChI is InChI=1S/C36H44BrN3O5S/c1-7-18-38(25-14-16-26(17-15-25)45-10-4)33(42)28-29-34(43)40(24(9-3)21-41)32(36(29)20-27(37)31(28)46-36)35(44)39(19-8-2)30-22(5)12-11-13-23(30)6/h7-8,11-17,24,27-29,31-32,41H,1-2,9-10,18-21H2,3-6H3/t24-,27?,28+,29-,31+,32?,36?/m0/s1. The molecule has 3 saturated heterocycles. The van der Waals surface area contributed by atoms with Gasteiger partial charge in [0.1, 0.15) is 11.8 Å². The lowest BCUT2D eigenvalue weighted by atomic mass is 9.70. The molecule has 0 saturated carbocycles. The van der Waals surface area contributed by atoms with Crippen molar-refractivity contribution in [2.45, 2.75) is 67.4 Å². The number of hydrogen-bond acceptors (Lipinski definition) is 6. The second kappa shape index (κ2) is 14.0. The lowest BCUT2D eigenvalue weighted by Gasteiger charge is -2.40. The summed E-state index contributed by atoms with van der Waals surface area (Å²) < 4.78 is 4.76. The van der Waals surface area contributed by atoms with E-state index in [1.54, 1.807) is 38.6 Å². The molecule has 0 radical (unpaired) electrons. The monoisotopic (exact) mass is 709 g/mol. The molecule has 246 valence electrons. The number of likely N-dealkylation sites (tertiary alicyclic amines) is 1. The van der Waals surface area contributed by atoms with Crippen LogP contribution in [0.3, 0.4) is 0 Å². The van der Waals surface area contributed by atoms with Crippen molar-refractivity contribution in [1.82, 2.24) is 4.90 Å². The largest absolute Gasteiger partial charge is 0.494 e. The third kappa shape index (κ3) is 5.60. The number of anilines is 2. The summed E-state index contributed by atoms with van der Waals surface area (Å²) in [5.41, 5.74) is 3.37. The average Bonchev–Trinajstić information content (AvgIpc) is 3.63. The van der Waals surface area contributed by atoms with Gasteiger partial charge in [-0.2, -0.15) is 0 Å². The van der Waals surface area contributed by atoms with Crippen LogP contribution in [0.2, 0.25) is 0 Å². The van der Waals surface area contributed by atoms with Crippen molar-refractivity contribution in [2.24, 2.45) is 11.8 Å². The maximum absolute atomic E-state index is 15.0. The number of rotatable bonds is 13. The van der Waals surface area contributed by atoms with Crippen LogP contribution in [0.15, 0.2) is 67.8 Å². The van der Waals surface area contributed by atoms with Crippen LogP contribution in [0, 0.1) is 25.7 Å². The Morgan fingerprint density at radius 2 is 1.72 bits per heavy atom. The molecule has 2 aromatic carbocycles. The minimum Gasteiger partial charge on any atom is -0.494 e. The smallest absolute Gasteiger partial charge is 0.251 e. The van der Waals surface area contributed by atoms with Gasteiger partial charge in [-0.1, -0.05) is 53.2 Å². The van der Waals surface area contributed by atoms with Crippen LogP contribution in [0.25, 0.3) is 0 Å². The number of benzene rings is 2. The van der Waals surface area contributed by atoms with Gasteiger partial charge in [0.15, 0.2) is 0 Å². The summed E-state index contributed by atoms with van der Waals surface area (Å²) in [6, 6.07) is 11.8. The van der Waals surface area contributed by atoms with Crippen LogP contribution in [0.4, 0.5) is 11.4 Å². The number of carbonyl (C=O) groups excluding carboxylic acids is 3. The van der Waals surface area contributed by atoms with E-state index in [4.69, 9.17) is 4.74 Å². The third-order valence-electron chi connectivity index (χ3n) is 9.65. The van der Waals surface area contributed by atoms with Crippen LogP contribution in [0.1, 0.15) is 37.8 Å². The summed E-state index contributed by atoms with van der Waals surface area (Å²) in [6.45, 7) is 16.4. The average molecular weight is 711 g/mol. The molecule has 3 heterocycles. The summed E-state index contributed by atoms with van der Waals surface area (Å²) in [5.74, 6) is -1.32. The zero-order valence-electron chi connectivity index (χ0n) is 27.0. The lowest BCUT2D eigenvalue weighted by Crippen LogP contribution is -2.58. The number of thioether (sulfide) groups is 1. The van der Waals surface area contributed by atoms with Crippen LogP contribution in [-0.2, 0) is 14.4 Å². The number of aliphatic hydroxyl groups is 1. The Labute approximate surface area is 285 Å². The molecule has 3 aliphatic heterocycles. The molecule has 3 amide bonds. The first-order valence-electron chi connectivity index (χ1n) is 16.0. The predicted molar refractivity (Wildman–Crippen MR) is 189 cm³/mol. The highest BCUT2D eigenvalue weighted by molar-refractivity contribution is 9.09. The number of alkyl halides is 1. The molecule has 3 unspecified atom stereocenters. The minimum absolute atomic E-state index is 0.0843. The van der Waals surface area contributed by atoms with Crippen molar-refractivity contribution in [3.8, 4) is 5.75 Å². The number of aliphatic hydroxyl groups excluding tert-OH is 1. The molecule has 3 fully saturated rings. The SMILES string of the molecule is C=CCN(C(=O)[C@H]1[C@@H]2SC3(CC2Br)C(C(=O)N(CC=C)c2c(C)cccc2C)N([C@@H](CC)CO)C(=O)[C@H]13)c1ccc(OCC)cc1. The van der Waals surface area contributed by atoms with Crippen LogP contribution in [-0.4, -0.2) is 80.9 Å². The lowest BCUT2D eigenvalue weighted by molar-refractivity contribution is -0.141. The zero-order valence-corrected chi connectivity index (χ0v) is 29.4. The van der Waals surface area contributed by atoms with Crippen LogP contribution in [0.5, 0.6) is 5.75 Å². The van der Waals surface area contributed by atoms with Crippen molar-refractivity contribution in [2.75, 3.05) is 36.1 Å². The van der Waals surface area contributed by atoms with E-state index in [0.29, 0.717) is 30.9 Å². The molecule has 3 aliphatic rings. The molecule has 10 heteroatoms. The van der Waals surface area contributed by atoms with E-state index in [0.717, 1.165) is 16.8 Å². The molecule has 2 bridgehead atoms. The number of nitrogens with zero attached hydrogens (tertiary/aromatic N) is 3. The van der Waals surface area contributed by atoms with Crippen LogP contribution < -0.4 is 14.5 Å². The van der Waals surface area contributed by atoms with Gasteiger partial charge in [-0.3, -0.25) is 14.4 Å². The summed E-state index contributed by atoms with van der Waals surface area (Å²) in [4.78, 5) is 49.4. The molecule has 5 rings (SSSR count). The normalized spacial score (nSPS) is 26.9. The fourth-order valence-electron chi connectivity index (χ4n) is 7.76. The van der Waals surface area contributed by atoms with Gasteiger partial charge < -0.3 is 24.5 Å². The fraction of sp³-hybridized carbons (Fsp3) is 0.472. The van der Waals surface area contributed by atoms with Gasteiger partial charge in [0.25, 0.3) is 5.91 Å².